The highest BCUT2D eigenvalue weighted by Gasteiger charge is 2.26. The summed E-state index contributed by atoms with van der Waals surface area (Å²) in [6.07, 6.45) is -4.62. The van der Waals surface area contributed by atoms with Crippen LogP contribution < -0.4 is 10.1 Å². The number of hydrogen-bond acceptors (Lipinski definition) is 4. The monoisotopic (exact) mass is 263 g/mol. The smallest absolute Gasteiger partial charge is 0.392 e. The average Bonchev–Trinajstić information content (AvgIpc) is 2.27. The summed E-state index contributed by atoms with van der Waals surface area (Å²) in [5, 5.41) is 2.98. The van der Waals surface area contributed by atoms with Gasteiger partial charge in [-0.2, -0.15) is 18.2 Å². The van der Waals surface area contributed by atoms with Crippen LogP contribution in [0.5, 0.6) is 5.88 Å². The van der Waals surface area contributed by atoms with E-state index in [-0.39, 0.29) is 5.88 Å². The molecule has 0 aromatic carbocycles. The SMILES string of the molecule is CCNc1cc(OCCC(F)(F)F)nc(CC)n1. The molecule has 0 amide bonds. The van der Waals surface area contributed by atoms with Gasteiger partial charge in [0, 0.05) is 19.0 Å². The van der Waals surface area contributed by atoms with Crippen LogP contribution in [0.1, 0.15) is 26.1 Å². The minimum absolute atomic E-state index is 0.169. The van der Waals surface area contributed by atoms with E-state index < -0.39 is 19.2 Å². The number of aromatic nitrogens is 2. The van der Waals surface area contributed by atoms with Crippen molar-refractivity contribution in [1.82, 2.24) is 9.97 Å². The van der Waals surface area contributed by atoms with Crippen LogP contribution in [0, 0.1) is 0 Å². The molecule has 0 fully saturated rings. The highest BCUT2D eigenvalue weighted by Crippen LogP contribution is 2.20. The number of nitrogens with zero attached hydrogens (tertiary/aromatic N) is 2. The maximum atomic E-state index is 12.0. The largest absolute Gasteiger partial charge is 0.477 e. The summed E-state index contributed by atoms with van der Waals surface area (Å²) in [7, 11) is 0. The molecule has 0 saturated heterocycles. The lowest BCUT2D eigenvalue weighted by Crippen LogP contribution is -2.14. The number of anilines is 1. The lowest BCUT2D eigenvalue weighted by Gasteiger charge is -2.10. The molecule has 1 heterocycles. The van der Waals surface area contributed by atoms with Gasteiger partial charge in [-0.1, -0.05) is 6.92 Å². The summed E-state index contributed by atoms with van der Waals surface area (Å²) in [5.74, 6) is 1.27. The highest BCUT2D eigenvalue weighted by atomic mass is 19.4. The number of ether oxygens (including phenoxy) is 1. The summed E-state index contributed by atoms with van der Waals surface area (Å²) in [5.41, 5.74) is 0. The number of halogens is 3. The third-order valence-electron chi connectivity index (χ3n) is 2.06. The van der Waals surface area contributed by atoms with Crippen LogP contribution in [-0.4, -0.2) is 29.3 Å². The van der Waals surface area contributed by atoms with Crippen molar-refractivity contribution in [2.45, 2.75) is 32.9 Å². The Morgan fingerprint density at radius 3 is 2.56 bits per heavy atom. The summed E-state index contributed by atoms with van der Waals surface area (Å²) < 4.78 is 40.9. The predicted molar refractivity (Wildman–Crippen MR) is 61.7 cm³/mol. The van der Waals surface area contributed by atoms with Crippen LogP contribution >= 0.6 is 0 Å². The minimum Gasteiger partial charge on any atom is -0.477 e. The molecular formula is C11H16F3N3O. The molecule has 18 heavy (non-hydrogen) atoms. The molecule has 7 heteroatoms. The van der Waals surface area contributed by atoms with Crippen LogP contribution in [0.25, 0.3) is 0 Å². The second kappa shape index (κ2) is 6.42. The van der Waals surface area contributed by atoms with Gasteiger partial charge in [-0.25, -0.2) is 4.98 Å². The molecule has 0 unspecified atom stereocenters. The third kappa shape index (κ3) is 5.20. The molecule has 1 aromatic rings. The molecule has 1 aromatic heterocycles. The van der Waals surface area contributed by atoms with Gasteiger partial charge in [-0.3, -0.25) is 0 Å². The fraction of sp³-hybridized carbons (Fsp3) is 0.636. The number of nitrogens with one attached hydrogen (secondary N) is 1. The van der Waals surface area contributed by atoms with E-state index in [1.54, 1.807) is 0 Å². The summed E-state index contributed by atoms with van der Waals surface area (Å²) in [4.78, 5) is 8.19. The highest BCUT2D eigenvalue weighted by molar-refractivity contribution is 5.38. The molecule has 0 aliphatic rings. The molecule has 0 spiro atoms. The van der Waals surface area contributed by atoms with Crippen molar-refractivity contribution in [2.75, 3.05) is 18.5 Å². The first-order valence-corrected chi connectivity index (χ1v) is 5.76. The summed E-state index contributed by atoms with van der Waals surface area (Å²) in [6.45, 7) is 4.00. The van der Waals surface area contributed by atoms with E-state index in [1.165, 1.54) is 6.07 Å². The van der Waals surface area contributed by atoms with Gasteiger partial charge in [0.1, 0.15) is 11.6 Å². The second-order valence-electron chi connectivity index (χ2n) is 3.61. The maximum Gasteiger partial charge on any atom is 0.392 e. The Morgan fingerprint density at radius 1 is 1.28 bits per heavy atom. The van der Waals surface area contributed by atoms with Crippen molar-refractivity contribution in [1.29, 1.82) is 0 Å². The first-order chi connectivity index (χ1) is 8.44. The fourth-order valence-corrected chi connectivity index (χ4v) is 1.25. The number of aryl methyl sites for hydroxylation is 1. The Labute approximate surface area is 104 Å². The third-order valence-corrected chi connectivity index (χ3v) is 2.06. The Bertz CT molecular complexity index is 382. The Morgan fingerprint density at radius 2 is 2.00 bits per heavy atom. The molecule has 1 N–H and O–H groups in total. The molecule has 4 nitrogen and oxygen atoms in total. The van der Waals surface area contributed by atoms with Gasteiger partial charge < -0.3 is 10.1 Å². The van der Waals surface area contributed by atoms with E-state index in [0.717, 1.165) is 0 Å². The van der Waals surface area contributed by atoms with Gasteiger partial charge in [0.15, 0.2) is 0 Å². The average molecular weight is 263 g/mol. The van der Waals surface area contributed by atoms with Crippen molar-refractivity contribution in [3.63, 3.8) is 0 Å². The van der Waals surface area contributed by atoms with Crippen molar-refractivity contribution < 1.29 is 17.9 Å². The zero-order chi connectivity index (χ0) is 13.6. The van der Waals surface area contributed by atoms with E-state index in [1.807, 2.05) is 13.8 Å². The zero-order valence-electron chi connectivity index (χ0n) is 10.3. The number of alkyl halides is 3. The zero-order valence-corrected chi connectivity index (χ0v) is 10.3. The molecule has 0 radical (unpaired) electrons. The molecule has 102 valence electrons. The van der Waals surface area contributed by atoms with Gasteiger partial charge in [0.25, 0.3) is 0 Å². The van der Waals surface area contributed by atoms with E-state index in [9.17, 15) is 13.2 Å². The topological polar surface area (TPSA) is 47.0 Å². The first-order valence-electron chi connectivity index (χ1n) is 5.76. The molecule has 0 atom stereocenters. The van der Waals surface area contributed by atoms with E-state index >= 15 is 0 Å². The van der Waals surface area contributed by atoms with Crippen LogP contribution in [-0.2, 0) is 6.42 Å². The van der Waals surface area contributed by atoms with Crippen LogP contribution in [0.3, 0.4) is 0 Å². The predicted octanol–water partition coefficient (Wildman–Crippen LogP) is 2.80. The quantitative estimate of drug-likeness (QED) is 0.857. The summed E-state index contributed by atoms with van der Waals surface area (Å²) in [6, 6.07) is 1.50. The number of hydrogen-bond donors (Lipinski definition) is 1. The summed E-state index contributed by atoms with van der Waals surface area (Å²) >= 11 is 0. The standard InChI is InChI=1S/C11H16F3N3O/c1-3-8-16-9(15-4-2)7-10(17-8)18-6-5-11(12,13)14/h7H,3-6H2,1-2H3,(H,15,16,17). The molecular weight excluding hydrogens is 247 g/mol. The first kappa shape index (κ1) is 14.5. The van der Waals surface area contributed by atoms with Crippen LogP contribution in [0.15, 0.2) is 6.07 Å². The number of rotatable bonds is 6. The van der Waals surface area contributed by atoms with Gasteiger partial charge in [-0.15, -0.1) is 0 Å². The van der Waals surface area contributed by atoms with Gasteiger partial charge in [0.2, 0.25) is 5.88 Å². The van der Waals surface area contributed by atoms with Crippen molar-refractivity contribution >= 4 is 5.82 Å². The lowest BCUT2D eigenvalue weighted by atomic mass is 10.4. The van der Waals surface area contributed by atoms with Crippen LogP contribution in [0.4, 0.5) is 19.0 Å². The molecule has 0 saturated carbocycles. The van der Waals surface area contributed by atoms with Crippen LogP contribution in [0.2, 0.25) is 0 Å². The van der Waals surface area contributed by atoms with Crippen molar-refractivity contribution in [3.05, 3.63) is 11.9 Å². The second-order valence-corrected chi connectivity index (χ2v) is 3.61. The van der Waals surface area contributed by atoms with Gasteiger partial charge >= 0.3 is 6.18 Å². The molecule has 0 aliphatic heterocycles. The van der Waals surface area contributed by atoms with Crippen molar-refractivity contribution in [2.24, 2.45) is 0 Å². The van der Waals surface area contributed by atoms with Gasteiger partial charge in [-0.05, 0) is 6.92 Å². The maximum absolute atomic E-state index is 12.0. The van der Waals surface area contributed by atoms with E-state index in [4.69, 9.17) is 4.74 Å². The van der Waals surface area contributed by atoms with E-state index in [2.05, 4.69) is 15.3 Å². The Kier molecular flexibility index (Phi) is 5.18. The molecule has 1 rings (SSSR count). The molecule has 0 aliphatic carbocycles. The lowest BCUT2D eigenvalue weighted by molar-refractivity contribution is -0.139. The van der Waals surface area contributed by atoms with E-state index in [0.29, 0.717) is 24.6 Å². The Hall–Kier alpha value is -1.53. The Balaban J connectivity index is 2.66. The van der Waals surface area contributed by atoms with Crippen molar-refractivity contribution in [3.8, 4) is 5.88 Å². The normalized spacial score (nSPS) is 11.4. The molecule has 0 bridgehead atoms. The van der Waals surface area contributed by atoms with Gasteiger partial charge in [0.05, 0.1) is 13.0 Å². The fourth-order valence-electron chi connectivity index (χ4n) is 1.25. The minimum atomic E-state index is -4.22.